The molecule has 1 aliphatic heterocycles. The third kappa shape index (κ3) is 3.37. The number of carbonyl (C=O) groups excluding carboxylic acids is 1. The van der Waals surface area contributed by atoms with Gasteiger partial charge in [0.2, 0.25) is 0 Å². The highest BCUT2D eigenvalue weighted by atomic mass is 32.1. The standard InChI is InChI=1S/C19H19N3O2S2/c1-19(2,3)17-20-9-15(26-17)16(23)22-18-21-13(10-25-18)11-4-5-14-12(8-11)6-7-24-14/h4-5,8-10H,6-7H2,1-3H3,(H,21,22,23). The fourth-order valence-corrected chi connectivity index (χ4v) is 4.28. The number of nitrogens with zero attached hydrogens (tertiary/aromatic N) is 2. The Morgan fingerprint density at radius 2 is 2.15 bits per heavy atom. The number of thiazole rings is 2. The van der Waals surface area contributed by atoms with Crippen molar-refractivity contribution in [3.63, 3.8) is 0 Å². The lowest BCUT2D eigenvalue weighted by molar-refractivity contribution is 0.103. The van der Waals surface area contributed by atoms with Crippen molar-refractivity contribution >= 4 is 33.7 Å². The predicted molar refractivity (Wildman–Crippen MR) is 106 cm³/mol. The largest absolute Gasteiger partial charge is 0.493 e. The monoisotopic (exact) mass is 385 g/mol. The molecule has 0 saturated carbocycles. The first kappa shape index (κ1) is 17.2. The molecule has 4 rings (SSSR count). The summed E-state index contributed by atoms with van der Waals surface area (Å²) in [6, 6.07) is 6.10. The van der Waals surface area contributed by atoms with Crippen LogP contribution in [0.4, 0.5) is 5.13 Å². The van der Waals surface area contributed by atoms with Crippen molar-refractivity contribution < 1.29 is 9.53 Å². The van der Waals surface area contributed by atoms with Crippen LogP contribution in [0.15, 0.2) is 29.8 Å². The maximum absolute atomic E-state index is 12.5. The highest BCUT2D eigenvalue weighted by Gasteiger charge is 2.21. The van der Waals surface area contributed by atoms with Crippen molar-refractivity contribution in [2.24, 2.45) is 0 Å². The van der Waals surface area contributed by atoms with E-state index in [0.29, 0.717) is 10.0 Å². The summed E-state index contributed by atoms with van der Waals surface area (Å²) in [5.74, 6) is 0.790. The van der Waals surface area contributed by atoms with Crippen LogP contribution in [0.5, 0.6) is 5.75 Å². The molecule has 1 amide bonds. The van der Waals surface area contributed by atoms with E-state index in [0.717, 1.165) is 35.0 Å². The highest BCUT2D eigenvalue weighted by molar-refractivity contribution is 7.15. The number of ether oxygens (including phenoxy) is 1. The van der Waals surface area contributed by atoms with Crippen LogP contribution in [-0.2, 0) is 11.8 Å². The van der Waals surface area contributed by atoms with Crippen molar-refractivity contribution in [2.75, 3.05) is 11.9 Å². The second-order valence-corrected chi connectivity index (χ2v) is 9.08. The molecule has 1 N–H and O–H groups in total. The summed E-state index contributed by atoms with van der Waals surface area (Å²) in [6.45, 7) is 7.00. The van der Waals surface area contributed by atoms with E-state index in [2.05, 4.69) is 42.1 Å². The summed E-state index contributed by atoms with van der Waals surface area (Å²) in [6.07, 6.45) is 2.56. The molecule has 0 unspecified atom stereocenters. The molecule has 0 fully saturated rings. The molecule has 1 aromatic carbocycles. The minimum Gasteiger partial charge on any atom is -0.493 e. The zero-order valence-corrected chi connectivity index (χ0v) is 16.5. The molecule has 0 aliphatic carbocycles. The van der Waals surface area contributed by atoms with Gasteiger partial charge in [0.15, 0.2) is 5.13 Å². The maximum atomic E-state index is 12.5. The lowest BCUT2D eigenvalue weighted by Crippen LogP contribution is -2.10. The number of carbonyl (C=O) groups is 1. The summed E-state index contributed by atoms with van der Waals surface area (Å²) in [4.78, 5) is 22.0. The van der Waals surface area contributed by atoms with Crippen LogP contribution in [0.2, 0.25) is 0 Å². The lowest BCUT2D eigenvalue weighted by atomic mass is 9.98. The summed E-state index contributed by atoms with van der Waals surface area (Å²) >= 11 is 2.85. The van der Waals surface area contributed by atoms with Crippen molar-refractivity contribution in [1.82, 2.24) is 9.97 Å². The van der Waals surface area contributed by atoms with Crippen LogP contribution >= 0.6 is 22.7 Å². The van der Waals surface area contributed by atoms with Gasteiger partial charge in [-0.3, -0.25) is 10.1 Å². The Labute approximate surface area is 160 Å². The molecule has 0 radical (unpaired) electrons. The van der Waals surface area contributed by atoms with Crippen LogP contribution in [0.1, 0.15) is 41.0 Å². The quantitative estimate of drug-likeness (QED) is 0.706. The molecule has 1 aliphatic rings. The second-order valence-electron chi connectivity index (χ2n) is 7.19. The first-order valence-electron chi connectivity index (χ1n) is 8.39. The fraction of sp³-hybridized carbons (Fsp3) is 0.316. The average molecular weight is 386 g/mol. The molecular formula is C19H19N3O2S2. The number of anilines is 1. The van der Waals surface area contributed by atoms with Gasteiger partial charge < -0.3 is 4.74 Å². The van der Waals surface area contributed by atoms with E-state index in [9.17, 15) is 4.79 Å². The third-order valence-corrected chi connectivity index (χ3v) is 6.26. The topological polar surface area (TPSA) is 64.1 Å². The Morgan fingerprint density at radius 3 is 2.92 bits per heavy atom. The normalized spacial score (nSPS) is 13.3. The Hall–Kier alpha value is -2.25. The predicted octanol–water partition coefficient (Wildman–Crippen LogP) is 4.75. The first-order valence-corrected chi connectivity index (χ1v) is 10.1. The van der Waals surface area contributed by atoms with E-state index in [1.54, 1.807) is 6.20 Å². The fourth-order valence-electron chi connectivity index (χ4n) is 2.69. The van der Waals surface area contributed by atoms with E-state index in [-0.39, 0.29) is 11.3 Å². The molecule has 26 heavy (non-hydrogen) atoms. The molecule has 5 nitrogen and oxygen atoms in total. The average Bonchev–Trinajstić information content (AvgIpc) is 3.33. The minimum atomic E-state index is -0.166. The molecular weight excluding hydrogens is 366 g/mol. The molecule has 3 aromatic rings. The van der Waals surface area contributed by atoms with Gasteiger partial charge >= 0.3 is 0 Å². The number of hydrogen-bond acceptors (Lipinski definition) is 6. The smallest absolute Gasteiger partial charge is 0.269 e. The van der Waals surface area contributed by atoms with Crippen LogP contribution < -0.4 is 10.1 Å². The Bertz CT molecular complexity index is 969. The molecule has 2 aromatic heterocycles. The Morgan fingerprint density at radius 1 is 1.31 bits per heavy atom. The van der Waals surface area contributed by atoms with E-state index in [1.165, 1.54) is 28.2 Å². The number of aromatic nitrogens is 2. The SMILES string of the molecule is CC(C)(C)c1ncc(C(=O)Nc2nc(-c3ccc4c(c3)CCO4)cs2)s1. The second kappa shape index (κ2) is 6.48. The number of hydrogen-bond donors (Lipinski definition) is 1. The lowest BCUT2D eigenvalue weighted by Gasteiger charge is -2.13. The zero-order chi connectivity index (χ0) is 18.3. The number of amides is 1. The van der Waals surface area contributed by atoms with Gasteiger partial charge in [-0.15, -0.1) is 22.7 Å². The Kier molecular flexibility index (Phi) is 4.28. The van der Waals surface area contributed by atoms with Crippen molar-refractivity contribution in [3.05, 3.63) is 45.2 Å². The van der Waals surface area contributed by atoms with Gasteiger partial charge in [-0.2, -0.15) is 0 Å². The van der Waals surface area contributed by atoms with E-state index >= 15 is 0 Å². The number of rotatable bonds is 3. The van der Waals surface area contributed by atoms with Gasteiger partial charge in [0.1, 0.15) is 10.6 Å². The maximum Gasteiger partial charge on any atom is 0.269 e. The first-order chi connectivity index (χ1) is 12.4. The Balaban J connectivity index is 1.50. The summed E-state index contributed by atoms with van der Waals surface area (Å²) in [5.41, 5.74) is 3.05. The highest BCUT2D eigenvalue weighted by Crippen LogP contribution is 2.32. The van der Waals surface area contributed by atoms with Gasteiger partial charge in [-0.1, -0.05) is 20.8 Å². The van der Waals surface area contributed by atoms with Gasteiger partial charge in [-0.25, -0.2) is 9.97 Å². The third-order valence-electron chi connectivity index (χ3n) is 4.08. The van der Waals surface area contributed by atoms with E-state index < -0.39 is 0 Å². The molecule has 0 bridgehead atoms. The minimum absolute atomic E-state index is 0.0607. The van der Waals surface area contributed by atoms with Crippen molar-refractivity contribution in [3.8, 4) is 17.0 Å². The van der Waals surface area contributed by atoms with Gasteiger partial charge in [0.05, 0.1) is 23.5 Å². The molecule has 0 spiro atoms. The van der Waals surface area contributed by atoms with Gasteiger partial charge in [0.25, 0.3) is 5.91 Å². The van der Waals surface area contributed by atoms with Crippen molar-refractivity contribution in [1.29, 1.82) is 0 Å². The van der Waals surface area contributed by atoms with Gasteiger partial charge in [0, 0.05) is 22.8 Å². The van der Waals surface area contributed by atoms with Crippen molar-refractivity contribution in [2.45, 2.75) is 32.6 Å². The molecule has 3 heterocycles. The number of fused-ring (bicyclic) bond motifs is 1. The number of benzene rings is 1. The summed E-state index contributed by atoms with van der Waals surface area (Å²) in [7, 11) is 0. The number of nitrogens with one attached hydrogen (secondary N) is 1. The zero-order valence-electron chi connectivity index (χ0n) is 14.8. The van der Waals surface area contributed by atoms with E-state index in [4.69, 9.17) is 4.74 Å². The van der Waals surface area contributed by atoms with Crippen LogP contribution in [-0.4, -0.2) is 22.5 Å². The molecule has 7 heteroatoms. The molecule has 134 valence electrons. The summed E-state index contributed by atoms with van der Waals surface area (Å²) in [5, 5.41) is 6.38. The van der Waals surface area contributed by atoms with Gasteiger partial charge in [-0.05, 0) is 23.8 Å². The van der Waals surface area contributed by atoms with Crippen LogP contribution in [0.25, 0.3) is 11.3 Å². The molecule has 0 atom stereocenters. The van der Waals surface area contributed by atoms with Crippen LogP contribution in [0.3, 0.4) is 0 Å². The molecule has 0 saturated heterocycles. The summed E-state index contributed by atoms with van der Waals surface area (Å²) < 4.78 is 5.54. The van der Waals surface area contributed by atoms with Crippen LogP contribution in [0, 0.1) is 0 Å². The van der Waals surface area contributed by atoms with E-state index in [1.807, 2.05) is 17.5 Å².